The zero-order valence-corrected chi connectivity index (χ0v) is 21.7. The van der Waals surface area contributed by atoms with Crippen molar-refractivity contribution in [2.45, 2.75) is 37.6 Å². The number of nitrogens with one attached hydrogen (secondary N) is 1. The van der Waals surface area contributed by atoms with Crippen molar-refractivity contribution in [1.82, 2.24) is 9.88 Å². The number of aliphatic hydroxyl groups is 4. The van der Waals surface area contributed by atoms with Crippen LogP contribution in [0.15, 0.2) is 54.1 Å². The van der Waals surface area contributed by atoms with E-state index < -0.39 is 43.2 Å². The number of benzene rings is 2. The van der Waals surface area contributed by atoms with Crippen LogP contribution in [-0.2, 0) is 16.6 Å². The molecule has 1 fully saturated rings. The number of carbonyl (C=O) groups is 1. The second-order valence-electron chi connectivity index (χ2n) is 9.64. The van der Waals surface area contributed by atoms with Crippen LogP contribution in [0.2, 0.25) is 0 Å². The number of carbonyl (C=O) groups excluding carboxylic acids is 1. The van der Waals surface area contributed by atoms with Crippen molar-refractivity contribution in [3.05, 3.63) is 59.8 Å². The van der Waals surface area contributed by atoms with Crippen molar-refractivity contribution in [1.29, 1.82) is 5.26 Å². The maximum Gasteiger partial charge on any atom is 0.262 e. The summed E-state index contributed by atoms with van der Waals surface area (Å²) in [6, 6.07) is 16.6. The smallest absolute Gasteiger partial charge is 0.262 e. The number of aliphatic hydroxyl groups excluding tert-OH is 4. The van der Waals surface area contributed by atoms with Gasteiger partial charge in [-0.25, -0.2) is 0 Å². The fourth-order valence-corrected chi connectivity index (χ4v) is 4.76. The summed E-state index contributed by atoms with van der Waals surface area (Å²) in [5, 5.41) is 54.2. The molecule has 5 N–H and O–H groups in total. The number of ether oxygens (including phenoxy) is 1. The highest BCUT2D eigenvalue weighted by Gasteiger charge is 2.44. The lowest BCUT2D eigenvalue weighted by molar-refractivity contribution is -0.253. The van der Waals surface area contributed by atoms with Crippen LogP contribution in [-0.4, -0.2) is 82.2 Å². The average molecular weight is 521 g/mol. The van der Waals surface area contributed by atoms with Gasteiger partial charge in [0.25, 0.3) is 5.91 Å². The van der Waals surface area contributed by atoms with Gasteiger partial charge < -0.3 is 39.9 Å². The number of allylic oxidation sites excluding steroid dienone is 1. The summed E-state index contributed by atoms with van der Waals surface area (Å²) in [5.74, 6) is -0.837. The topological polar surface area (TPSA) is 151 Å². The Hall–Kier alpha value is -3.72. The molecular weight excluding hydrogens is 488 g/mol. The van der Waals surface area contributed by atoms with Crippen molar-refractivity contribution in [3.63, 3.8) is 0 Å². The predicted octanol–water partition coefficient (Wildman–Crippen LogP) is 1.12. The number of anilines is 1. The van der Waals surface area contributed by atoms with Crippen LogP contribution in [0, 0.1) is 11.3 Å². The zero-order valence-electron chi connectivity index (χ0n) is 21.7. The van der Waals surface area contributed by atoms with Crippen molar-refractivity contribution >= 4 is 27.9 Å². The van der Waals surface area contributed by atoms with Crippen LogP contribution in [0.5, 0.6) is 0 Å². The Morgan fingerprint density at radius 2 is 1.76 bits per heavy atom. The van der Waals surface area contributed by atoms with Gasteiger partial charge in [-0.3, -0.25) is 4.79 Å². The molecule has 4 rings (SSSR count). The molecule has 1 aromatic heterocycles. The lowest BCUT2D eigenvalue weighted by Crippen LogP contribution is -2.64. The van der Waals surface area contributed by atoms with Crippen LogP contribution < -0.4 is 10.2 Å². The van der Waals surface area contributed by atoms with E-state index in [9.17, 15) is 30.5 Å². The molecule has 3 aromatic rings. The fraction of sp³-hybridized carbons (Fsp3) is 0.357. The summed E-state index contributed by atoms with van der Waals surface area (Å²) < 4.78 is 6.97. The number of nitrogens with zero attached hydrogens (tertiary/aromatic N) is 3. The molecule has 0 bridgehead atoms. The second kappa shape index (κ2) is 10.9. The van der Waals surface area contributed by atoms with Gasteiger partial charge in [-0.2, -0.15) is 5.26 Å². The zero-order chi connectivity index (χ0) is 27.7. The van der Waals surface area contributed by atoms with Crippen molar-refractivity contribution in [3.8, 4) is 17.3 Å². The van der Waals surface area contributed by atoms with E-state index in [-0.39, 0.29) is 5.57 Å². The molecule has 200 valence electrons. The summed E-state index contributed by atoms with van der Waals surface area (Å²) in [6.07, 6.45) is -6.02. The quantitative estimate of drug-likeness (QED) is 0.240. The molecule has 1 amide bonds. The summed E-state index contributed by atoms with van der Waals surface area (Å²) in [6.45, 7) is 1.02. The van der Waals surface area contributed by atoms with Gasteiger partial charge >= 0.3 is 0 Å². The number of hydrogen-bond donors (Lipinski definition) is 5. The van der Waals surface area contributed by atoms with Gasteiger partial charge in [0.15, 0.2) is 6.29 Å². The van der Waals surface area contributed by atoms with Gasteiger partial charge in [0.05, 0.1) is 6.61 Å². The van der Waals surface area contributed by atoms with Crippen LogP contribution in [0.25, 0.3) is 27.6 Å². The molecule has 1 unspecified atom stereocenters. The fourth-order valence-electron chi connectivity index (χ4n) is 4.76. The highest BCUT2D eigenvalue weighted by Crippen LogP contribution is 2.30. The van der Waals surface area contributed by atoms with Crippen LogP contribution in [0.4, 0.5) is 5.69 Å². The van der Waals surface area contributed by atoms with E-state index in [0.717, 1.165) is 27.7 Å². The minimum Gasteiger partial charge on any atom is -0.394 e. The third-order valence-electron chi connectivity index (χ3n) is 7.05. The van der Waals surface area contributed by atoms with Gasteiger partial charge in [-0.15, -0.1) is 0 Å². The van der Waals surface area contributed by atoms with Gasteiger partial charge in [0, 0.05) is 38.2 Å². The molecule has 0 saturated carbocycles. The summed E-state index contributed by atoms with van der Waals surface area (Å²) in [5.41, 5.74) is 3.78. The van der Waals surface area contributed by atoms with E-state index in [0.29, 0.717) is 11.3 Å². The first-order valence-electron chi connectivity index (χ1n) is 12.2. The lowest BCUT2D eigenvalue weighted by Gasteiger charge is -2.40. The van der Waals surface area contributed by atoms with E-state index >= 15 is 0 Å². The first-order valence-corrected chi connectivity index (χ1v) is 12.2. The lowest BCUT2D eigenvalue weighted by atomic mass is 9.96. The Balaban J connectivity index is 1.61. The Labute approximate surface area is 220 Å². The molecule has 1 saturated heterocycles. The molecule has 10 heteroatoms. The monoisotopic (exact) mass is 520 g/mol. The Kier molecular flexibility index (Phi) is 7.87. The predicted molar refractivity (Wildman–Crippen MR) is 143 cm³/mol. The largest absolute Gasteiger partial charge is 0.394 e. The first-order chi connectivity index (χ1) is 18.1. The Morgan fingerprint density at radius 1 is 1.08 bits per heavy atom. The maximum atomic E-state index is 13.0. The molecule has 0 spiro atoms. The number of rotatable bonds is 6. The van der Waals surface area contributed by atoms with E-state index in [4.69, 9.17) is 4.74 Å². The standard InChI is InChI=1S/C28H32N4O6/c1-15(20(13-29)27(36)30-24-26(35)25(34)23(14-33)38-28(24)37)21-9-10-22(32(21)4)18-6-5-17-12-19(31(2)3)8-7-16(17)11-18/h5-12,23-26,28,33-35,37H,14H2,1-4H3,(H,30,36)/b20-15+/t23-,24-,25-,26-,28?/m1/s1. The molecule has 1 aliphatic heterocycles. The van der Waals surface area contributed by atoms with Gasteiger partial charge in [-0.05, 0) is 59.2 Å². The van der Waals surface area contributed by atoms with E-state index in [2.05, 4.69) is 35.6 Å². The highest BCUT2D eigenvalue weighted by molar-refractivity contribution is 6.04. The molecule has 0 aliphatic carbocycles. The summed E-state index contributed by atoms with van der Waals surface area (Å²) >= 11 is 0. The number of fused-ring (bicyclic) bond motifs is 1. The van der Waals surface area contributed by atoms with Crippen LogP contribution in [0.3, 0.4) is 0 Å². The molecule has 10 nitrogen and oxygen atoms in total. The van der Waals surface area contributed by atoms with E-state index in [1.54, 1.807) is 6.92 Å². The summed E-state index contributed by atoms with van der Waals surface area (Å²) in [4.78, 5) is 15.1. The SMILES string of the molecule is C/C(=C(/C#N)C(=O)N[C@H]1C(O)O[C@H](CO)[C@@H](O)[C@@H]1O)c1ccc(-c2ccc3cc(N(C)C)ccc3c2)n1C. The van der Waals surface area contributed by atoms with Gasteiger partial charge in [-0.1, -0.05) is 18.2 Å². The molecule has 0 radical (unpaired) electrons. The van der Waals surface area contributed by atoms with Crippen molar-refractivity contribution in [2.75, 3.05) is 25.6 Å². The third-order valence-corrected chi connectivity index (χ3v) is 7.05. The second-order valence-corrected chi connectivity index (χ2v) is 9.64. The number of aromatic nitrogens is 1. The van der Waals surface area contributed by atoms with E-state index in [1.807, 2.05) is 54.9 Å². The molecule has 2 heterocycles. The van der Waals surface area contributed by atoms with Crippen LogP contribution >= 0.6 is 0 Å². The maximum absolute atomic E-state index is 13.0. The minimum atomic E-state index is -1.68. The highest BCUT2D eigenvalue weighted by atomic mass is 16.6. The Morgan fingerprint density at radius 3 is 2.42 bits per heavy atom. The number of nitriles is 1. The summed E-state index contributed by atoms with van der Waals surface area (Å²) in [7, 11) is 5.83. The first kappa shape index (κ1) is 27.3. The number of hydrogen-bond acceptors (Lipinski definition) is 8. The minimum absolute atomic E-state index is 0.217. The Bertz CT molecular complexity index is 1420. The van der Waals surface area contributed by atoms with Gasteiger partial charge in [0.1, 0.15) is 36.0 Å². The average Bonchev–Trinajstić information content (AvgIpc) is 3.29. The van der Waals surface area contributed by atoms with Crippen molar-refractivity contribution < 1.29 is 30.0 Å². The van der Waals surface area contributed by atoms with Crippen LogP contribution in [0.1, 0.15) is 12.6 Å². The molecule has 38 heavy (non-hydrogen) atoms. The molecule has 1 aliphatic rings. The molecule has 5 atom stereocenters. The third kappa shape index (κ3) is 5.03. The van der Waals surface area contributed by atoms with E-state index in [1.165, 1.54) is 0 Å². The normalized spacial score (nSPS) is 24.0. The number of amides is 1. The molecular formula is C28H32N4O6. The van der Waals surface area contributed by atoms with Crippen molar-refractivity contribution in [2.24, 2.45) is 7.05 Å². The van der Waals surface area contributed by atoms with Gasteiger partial charge in [0.2, 0.25) is 0 Å². The molecule has 2 aromatic carbocycles.